The van der Waals surface area contributed by atoms with Gasteiger partial charge < -0.3 is 14.8 Å². The number of hydrogen-bond donors (Lipinski definition) is 1. The molecule has 1 rings (SSSR count). The van der Waals surface area contributed by atoms with Crippen LogP contribution in [0.1, 0.15) is 11.1 Å². The van der Waals surface area contributed by atoms with Crippen molar-refractivity contribution in [3.63, 3.8) is 0 Å². The molecule has 1 aromatic carbocycles. The fourth-order valence-corrected chi connectivity index (χ4v) is 1.50. The third kappa shape index (κ3) is 3.57. The SMILES string of the molecule is COC(=O)/C=C(/Nc1ccc(F)c(C)c1C)C(=O)OC. The van der Waals surface area contributed by atoms with E-state index in [-0.39, 0.29) is 11.5 Å². The van der Waals surface area contributed by atoms with Gasteiger partial charge in [-0.1, -0.05) is 0 Å². The van der Waals surface area contributed by atoms with Gasteiger partial charge in [-0.25, -0.2) is 14.0 Å². The molecular formula is C14H16FNO4. The van der Waals surface area contributed by atoms with Crippen LogP contribution in [0, 0.1) is 19.7 Å². The molecule has 0 saturated carbocycles. The van der Waals surface area contributed by atoms with Crippen LogP contribution in [-0.2, 0) is 19.1 Å². The van der Waals surface area contributed by atoms with Gasteiger partial charge in [0.2, 0.25) is 0 Å². The minimum Gasteiger partial charge on any atom is -0.466 e. The quantitative estimate of drug-likeness (QED) is 0.676. The minimum atomic E-state index is -0.725. The number of carbonyl (C=O) groups excluding carboxylic acids is 2. The van der Waals surface area contributed by atoms with Crippen molar-refractivity contribution in [2.75, 3.05) is 19.5 Å². The predicted octanol–water partition coefficient (Wildman–Crippen LogP) is 2.08. The van der Waals surface area contributed by atoms with Crippen molar-refractivity contribution in [3.05, 3.63) is 40.8 Å². The van der Waals surface area contributed by atoms with Crippen molar-refractivity contribution in [2.24, 2.45) is 0 Å². The molecule has 0 aliphatic heterocycles. The smallest absolute Gasteiger partial charge is 0.354 e. The van der Waals surface area contributed by atoms with Gasteiger partial charge in [-0.2, -0.15) is 0 Å². The third-order valence-electron chi connectivity index (χ3n) is 2.86. The summed E-state index contributed by atoms with van der Waals surface area (Å²) in [6, 6.07) is 2.75. The summed E-state index contributed by atoms with van der Waals surface area (Å²) in [6.07, 6.45) is 0.976. The van der Waals surface area contributed by atoms with E-state index in [0.717, 1.165) is 6.08 Å². The number of hydrogen-bond acceptors (Lipinski definition) is 5. The molecule has 0 saturated heterocycles. The number of methoxy groups -OCH3 is 2. The molecule has 5 nitrogen and oxygen atoms in total. The highest BCUT2D eigenvalue weighted by Crippen LogP contribution is 2.22. The molecule has 0 aliphatic carbocycles. The molecule has 0 atom stereocenters. The van der Waals surface area contributed by atoms with Gasteiger partial charge in [0.05, 0.1) is 20.3 Å². The van der Waals surface area contributed by atoms with Crippen molar-refractivity contribution >= 4 is 17.6 Å². The van der Waals surface area contributed by atoms with Gasteiger partial charge in [0.25, 0.3) is 0 Å². The Bertz CT molecular complexity index is 567. The summed E-state index contributed by atoms with van der Waals surface area (Å²) in [5, 5.41) is 2.75. The van der Waals surface area contributed by atoms with Gasteiger partial charge in [0.15, 0.2) is 0 Å². The molecule has 0 fully saturated rings. The highest BCUT2D eigenvalue weighted by molar-refractivity contribution is 5.98. The molecule has 1 N–H and O–H groups in total. The van der Waals surface area contributed by atoms with Gasteiger partial charge in [-0.15, -0.1) is 0 Å². The second-order valence-electron chi connectivity index (χ2n) is 4.04. The van der Waals surface area contributed by atoms with Gasteiger partial charge in [0, 0.05) is 5.69 Å². The first kappa shape index (κ1) is 15.7. The van der Waals surface area contributed by atoms with Crippen molar-refractivity contribution in [2.45, 2.75) is 13.8 Å². The Labute approximate surface area is 116 Å². The summed E-state index contributed by atoms with van der Waals surface area (Å²) in [7, 11) is 2.39. The molecular weight excluding hydrogens is 265 g/mol. The molecule has 0 amide bonds. The first-order valence-electron chi connectivity index (χ1n) is 5.81. The fourth-order valence-electron chi connectivity index (χ4n) is 1.50. The summed E-state index contributed by atoms with van der Waals surface area (Å²) in [5.41, 5.74) is 1.50. The van der Waals surface area contributed by atoms with Gasteiger partial charge >= 0.3 is 11.9 Å². The molecule has 0 heterocycles. The second kappa shape index (κ2) is 6.70. The zero-order chi connectivity index (χ0) is 15.3. The van der Waals surface area contributed by atoms with Crippen molar-refractivity contribution in [3.8, 4) is 0 Å². The second-order valence-corrected chi connectivity index (χ2v) is 4.04. The Kier molecular flexibility index (Phi) is 5.25. The van der Waals surface area contributed by atoms with E-state index in [1.54, 1.807) is 13.8 Å². The average molecular weight is 281 g/mol. The molecule has 0 aromatic heterocycles. The predicted molar refractivity (Wildman–Crippen MR) is 71.6 cm³/mol. The topological polar surface area (TPSA) is 64.6 Å². The Morgan fingerprint density at radius 2 is 1.80 bits per heavy atom. The van der Waals surface area contributed by atoms with Crippen LogP contribution in [0.4, 0.5) is 10.1 Å². The summed E-state index contributed by atoms with van der Waals surface area (Å²) in [6.45, 7) is 3.32. The monoisotopic (exact) mass is 281 g/mol. The maximum absolute atomic E-state index is 13.4. The maximum atomic E-state index is 13.4. The lowest BCUT2D eigenvalue weighted by Crippen LogP contribution is -2.16. The highest BCUT2D eigenvalue weighted by Gasteiger charge is 2.15. The van der Waals surface area contributed by atoms with Crippen LogP contribution in [0.3, 0.4) is 0 Å². The summed E-state index contributed by atoms with van der Waals surface area (Å²) < 4.78 is 22.4. The van der Waals surface area contributed by atoms with Crippen LogP contribution in [0.15, 0.2) is 23.9 Å². The van der Waals surface area contributed by atoms with Crippen molar-refractivity contribution < 1.29 is 23.5 Å². The lowest BCUT2D eigenvalue weighted by molar-refractivity contribution is -0.138. The zero-order valence-corrected chi connectivity index (χ0v) is 11.7. The van der Waals surface area contributed by atoms with Crippen LogP contribution in [-0.4, -0.2) is 26.2 Å². The number of rotatable bonds is 4. The summed E-state index contributed by atoms with van der Waals surface area (Å²) in [4.78, 5) is 22.8. The first-order chi connectivity index (χ1) is 9.40. The number of esters is 2. The number of halogens is 1. The average Bonchev–Trinajstić information content (AvgIpc) is 2.45. The van der Waals surface area contributed by atoms with Gasteiger partial charge in [-0.05, 0) is 37.1 Å². The number of nitrogens with one attached hydrogen (secondary N) is 1. The number of anilines is 1. The molecule has 0 unspecified atom stereocenters. The molecule has 20 heavy (non-hydrogen) atoms. The Morgan fingerprint density at radius 3 is 2.35 bits per heavy atom. The zero-order valence-electron chi connectivity index (χ0n) is 11.7. The first-order valence-corrected chi connectivity index (χ1v) is 5.81. The van der Waals surface area contributed by atoms with Crippen LogP contribution in [0.2, 0.25) is 0 Å². The van der Waals surface area contributed by atoms with Gasteiger partial charge in [-0.3, -0.25) is 0 Å². The highest BCUT2D eigenvalue weighted by atomic mass is 19.1. The normalized spacial score (nSPS) is 10.9. The van der Waals surface area contributed by atoms with E-state index in [1.807, 2.05) is 0 Å². The van der Waals surface area contributed by atoms with E-state index >= 15 is 0 Å². The summed E-state index contributed by atoms with van der Waals surface area (Å²) in [5.74, 6) is -1.77. The van der Waals surface area contributed by atoms with E-state index < -0.39 is 11.9 Å². The van der Waals surface area contributed by atoms with Crippen LogP contribution in [0.5, 0.6) is 0 Å². The Balaban J connectivity index is 3.14. The molecule has 6 heteroatoms. The van der Waals surface area contributed by atoms with Crippen LogP contribution < -0.4 is 5.32 Å². The fraction of sp³-hybridized carbons (Fsp3) is 0.286. The van der Waals surface area contributed by atoms with Crippen LogP contribution in [0.25, 0.3) is 0 Å². The largest absolute Gasteiger partial charge is 0.466 e. The lowest BCUT2D eigenvalue weighted by Gasteiger charge is -2.13. The minimum absolute atomic E-state index is 0.0894. The van der Waals surface area contributed by atoms with E-state index in [2.05, 4.69) is 14.8 Å². The molecule has 0 spiro atoms. The number of benzene rings is 1. The maximum Gasteiger partial charge on any atom is 0.354 e. The van der Waals surface area contributed by atoms with E-state index in [4.69, 9.17) is 0 Å². The summed E-state index contributed by atoms with van der Waals surface area (Å²) >= 11 is 0. The van der Waals surface area contributed by atoms with E-state index in [0.29, 0.717) is 16.8 Å². The van der Waals surface area contributed by atoms with E-state index in [9.17, 15) is 14.0 Å². The van der Waals surface area contributed by atoms with Crippen molar-refractivity contribution in [1.82, 2.24) is 0 Å². The van der Waals surface area contributed by atoms with Crippen molar-refractivity contribution in [1.29, 1.82) is 0 Å². The Hall–Kier alpha value is -2.37. The molecule has 1 aromatic rings. The van der Waals surface area contributed by atoms with Crippen LogP contribution >= 0.6 is 0 Å². The molecule has 0 aliphatic rings. The Morgan fingerprint density at radius 1 is 1.15 bits per heavy atom. The molecule has 108 valence electrons. The van der Waals surface area contributed by atoms with E-state index in [1.165, 1.54) is 26.4 Å². The lowest BCUT2D eigenvalue weighted by atomic mass is 10.1. The molecule has 0 bridgehead atoms. The number of ether oxygens (including phenoxy) is 2. The molecule has 0 radical (unpaired) electrons. The standard InChI is InChI=1S/C14H16FNO4/c1-8-9(2)11(6-5-10(8)15)16-12(14(18)20-4)7-13(17)19-3/h5-7,16H,1-4H3/b12-7+. The van der Waals surface area contributed by atoms with Gasteiger partial charge in [0.1, 0.15) is 11.5 Å². The third-order valence-corrected chi connectivity index (χ3v) is 2.86. The number of carbonyl (C=O) groups is 2.